The van der Waals surface area contributed by atoms with Crippen molar-refractivity contribution in [2.24, 2.45) is 5.92 Å². The zero-order chi connectivity index (χ0) is 13.9. The zero-order valence-electron chi connectivity index (χ0n) is 11.7. The summed E-state index contributed by atoms with van der Waals surface area (Å²) in [6, 6.07) is 0. The highest BCUT2D eigenvalue weighted by atomic mass is 32.1. The lowest BCUT2D eigenvalue weighted by Crippen LogP contribution is -2.23. The van der Waals surface area contributed by atoms with E-state index in [0.717, 1.165) is 22.9 Å². The van der Waals surface area contributed by atoms with E-state index in [4.69, 9.17) is 4.52 Å². The summed E-state index contributed by atoms with van der Waals surface area (Å²) in [5.41, 5.74) is 2.84. The molecular weight excluding hydrogens is 274 g/mol. The number of thiazole rings is 1. The van der Waals surface area contributed by atoms with Crippen molar-refractivity contribution in [2.75, 3.05) is 0 Å². The third kappa shape index (κ3) is 2.85. The van der Waals surface area contributed by atoms with E-state index in [1.54, 1.807) is 15.9 Å². The Morgan fingerprint density at radius 3 is 2.90 bits per heavy atom. The van der Waals surface area contributed by atoms with Gasteiger partial charge in [-0.1, -0.05) is 24.4 Å². The van der Waals surface area contributed by atoms with Crippen LogP contribution in [0.3, 0.4) is 0 Å². The van der Waals surface area contributed by atoms with Gasteiger partial charge in [0, 0.05) is 17.8 Å². The van der Waals surface area contributed by atoms with Crippen molar-refractivity contribution in [3.8, 4) is 0 Å². The highest BCUT2D eigenvalue weighted by molar-refractivity contribution is 7.09. The lowest BCUT2D eigenvalue weighted by atomic mass is 9.89. The van der Waals surface area contributed by atoms with Crippen LogP contribution in [0, 0.1) is 12.8 Å². The average Bonchev–Trinajstić information content (AvgIpc) is 3.01. The topological polar surface area (TPSA) is 60.9 Å². The number of hydrogen-bond acceptors (Lipinski definition) is 5. The minimum Gasteiger partial charge on any atom is -0.296 e. The first-order chi connectivity index (χ1) is 9.74. The number of nitrogens with zero attached hydrogens (tertiary/aromatic N) is 3. The molecule has 3 rings (SSSR count). The summed E-state index contributed by atoms with van der Waals surface area (Å²) < 4.78 is 6.58. The van der Waals surface area contributed by atoms with Gasteiger partial charge in [-0.05, 0) is 25.7 Å². The molecule has 1 saturated carbocycles. The van der Waals surface area contributed by atoms with Gasteiger partial charge >= 0.3 is 5.76 Å². The molecular formula is C14H19N3O2S. The van der Waals surface area contributed by atoms with Gasteiger partial charge in [0.05, 0.1) is 11.2 Å². The van der Waals surface area contributed by atoms with Crippen LogP contribution in [0.1, 0.15) is 48.5 Å². The molecule has 1 aliphatic carbocycles. The Hall–Kier alpha value is -1.43. The van der Waals surface area contributed by atoms with Gasteiger partial charge in [0.25, 0.3) is 0 Å². The average molecular weight is 293 g/mol. The summed E-state index contributed by atoms with van der Waals surface area (Å²) in [5.74, 6) is 0.989. The first-order valence-electron chi connectivity index (χ1n) is 7.18. The monoisotopic (exact) mass is 293 g/mol. The van der Waals surface area contributed by atoms with Crippen molar-refractivity contribution in [2.45, 2.75) is 52.0 Å². The Morgan fingerprint density at radius 2 is 2.20 bits per heavy atom. The van der Waals surface area contributed by atoms with Crippen LogP contribution in [0.5, 0.6) is 0 Å². The van der Waals surface area contributed by atoms with Crippen molar-refractivity contribution in [1.82, 2.24) is 14.7 Å². The molecule has 0 radical (unpaired) electrons. The van der Waals surface area contributed by atoms with Crippen LogP contribution in [0.25, 0.3) is 0 Å². The largest absolute Gasteiger partial charge is 0.441 e. The molecule has 0 spiro atoms. The van der Waals surface area contributed by atoms with Crippen LogP contribution in [-0.2, 0) is 13.0 Å². The third-order valence-corrected chi connectivity index (χ3v) is 5.03. The second kappa shape index (κ2) is 5.91. The molecule has 0 atom stereocenters. The van der Waals surface area contributed by atoms with E-state index >= 15 is 0 Å². The molecule has 0 N–H and O–H groups in total. The van der Waals surface area contributed by atoms with Gasteiger partial charge in [0.2, 0.25) is 0 Å². The van der Waals surface area contributed by atoms with E-state index in [0.29, 0.717) is 12.3 Å². The predicted octanol–water partition coefficient (Wildman–Crippen LogP) is 2.77. The third-order valence-electron chi connectivity index (χ3n) is 4.09. The summed E-state index contributed by atoms with van der Waals surface area (Å²) >= 11 is 1.60. The summed E-state index contributed by atoms with van der Waals surface area (Å²) in [5, 5.41) is 3.95. The molecule has 0 aliphatic heterocycles. The number of aryl methyl sites for hydroxylation is 1. The normalized spacial score (nSPS) is 16.6. The molecule has 1 aliphatic rings. The van der Waals surface area contributed by atoms with E-state index in [2.05, 4.69) is 10.1 Å². The molecule has 0 saturated heterocycles. The van der Waals surface area contributed by atoms with E-state index in [9.17, 15) is 4.79 Å². The Bertz CT molecular complexity index is 622. The van der Waals surface area contributed by atoms with E-state index in [-0.39, 0.29) is 5.76 Å². The van der Waals surface area contributed by atoms with E-state index < -0.39 is 0 Å². The maximum absolute atomic E-state index is 11.8. The van der Waals surface area contributed by atoms with Crippen molar-refractivity contribution in [3.63, 3.8) is 0 Å². The molecule has 108 valence electrons. The fourth-order valence-corrected chi connectivity index (χ4v) is 3.64. The van der Waals surface area contributed by atoms with Crippen molar-refractivity contribution >= 4 is 11.3 Å². The maximum Gasteiger partial charge on any atom is 0.441 e. The van der Waals surface area contributed by atoms with Gasteiger partial charge in [0.15, 0.2) is 5.82 Å². The van der Waals surface area contributed by atoms with E-state index in [1.165, 1.54) is 32.1 Å². The lowest BCUT2D eigenvalue weighted by molar-refractivity contribution is 0.303. The molecule has 2 aromatic heterocycles. The first kappa shape index (κ1) is 13.5. The highest BCUT2D eigenvalue weighted by Gasteiger charge is 2.19. The number of aromatic nitrogens is 3. The molecule has 0 unspecified atom stereocenters. The first-order valence-corrected chi connectivity index (χ1v) is 8.06. The highest BCUT2D eigenvalue weighted by Crippen LogP contribution is 2.25. The Labute approximate surface area is 121 Å². The predicted molar refractivity (Wildman–Crippen MR) is 77.0 cm³/mol. The summed E-state index contributed by atoms with van der Waals surface area (Å²) in [6.45, 7) is 2.73. The van der Waals surface area contributed by atoms with Gasteiger partial charge in [-0.15, -0.1) is 11.3 Å². The second-order valence-electron chi connectivity index (χ2n) is 5.52. The van der Waals surface area contributed by atoms with Crippen LogP contribution >= 0.6 is 11.3 Å². The lowest BCUT2D eigenvalue weighted by Gasteiger charge is -2.21. The Morgan fingerprint density at radius 1 is 1.40 bits per heavy atom. The summed E-state index contributed by atoms with van der Waals surface area (Å²) in [6.07, 6.45) is 6.91. The molecule has 0 bridgehead atoms. The number of hydrogen-bond donors (Lipinski definition) is 0. The van der Waals surface area contributed by atoms with Gasteiger partial charge in [-0.25, -0.2) is 9.78 Å². The maximum atomic E-state index is 11.8. The van der Waals surface area contributed by atoms with Crippen molar-refractivity contribution in [1.29, 1.82) is 0 Å². The SMILES string of the molecule is Cc1ncsc1Cc1noc(=O)n1CC1CCCCC1. The van der Waals surface area contributed by atoms with Gasteiger partial charge in [-0.3, -0.25) is 9.09 Å². The molecule has 1 fully saturated rings. The van der Waals surface area contributed by atoms with Crippen molar-refractivity contribution in [3.05, 3.63) is 32.5 Å². The standard InChI is InChI=1S/C14H19N3O2S/c1-10-12(20-9-15-10)7-13-16-19-14(18)17(13)8-11-5-3-2-4-6-11/h9,11H,2-8H2,1H3. The van der Waals surface area contributed by atoms with Crippen LogP contribution in [-0.4, -0.2) is 14.7 Å². The molecule has 2 heterocycles. The molecule has 5 nitrogen and oxygen atoms in total. The zero-order valence-corrected chi connectivity index (χ0v) is 12.5. The quantitative estimate of drug-likeness (QED) is 0.869. The van der Waals surface area contributed by atoms with Crippen LogP contribution in [0.15, 0.2) is 14.8 Å². The fourth-order valence-electron chi connectivity index (χ4n) is 2.87. The minimum absolute atomic E-state index is 0.326. The van der Waals surface area contributed by atoms with Crippen LogP contribution < -0.4 is 5.76 Å². The summed E-state index contributed by atoms with van der Waals surface area (Å²) in [7, 11) is 0. The molecule has 2 aromatic rings. The van der Waals surface area contributed by atoms with Crippen LogP contribution in [0.4, 0.5) is 0 Å². The summed E-state index contributed by atoms with van der Waals surface area (Å²) in [4.78, 5) is 17.2. The van der Waals surface area contributed by atoms with Gasteiger partial charge in [-0.2, -0.15) is 0 Å². The molecule has 20 heavy (non-hydrogen) atoms. The minimum atomic E-state index is -0.326. The van der Waals surface area contributed by atoms with Crippen molar-refractivity contribution < 1.29 is 4.52 Å². The fraction of sp³-hybridized carbons (Fsp3) is 0.643. The number of rotatable bonds is 4. The Balaban J connectivity index is 1.78. The Kier molecular flexibility index (Phi) is 4.00. The smallest absolute Gasteiger partial charge is 0.296 e. The molecule has 6 heteroatoms. The van der Waals surface area contributed by atoms with Gasteiger partial charge < -0.3 is 0 Å². The molecule has 0 aromatic carbocycles. The molecule has 0 amide bonds. The van der Waals surface area contributed by atoms with Gasteiger partial charge in [0.1, 0.15) is 0 Å². The second-order valence-corrected chi connectivity index (χ2v) is 6.46. The van der Waals surface area contributed by atoms with E-state index in [1.807, 2.05) is 12.4 Å². The van der Waals surface area contributed by atoms with Crippen LogP contribution in [0.2, 0.25) is 0 Å².